The van der Waals surface area contributed by atoms with Crippen LogP contribution in [0.2, 0.25) is 0 Å². The van der Waals surface area contributed by atoms with Crippen LogP contribution in [0, 0.1) is 5.82 Å². The Kier molecular flexibility index (Phi) is 3.23. The molecule has 2 aromatic rings. The van der Waals surface area contributed by atoms with E-state index in [1.54, 1.807) is 6.07 Å². The molecule has 0 atom stereocenters. The normalized spacial score (nSPS) is 10.3. The molecule has 0 radical (unpaired) electrons. The van der Waals surface area contributed by atoms with Gasteiger partial charge in [0, 0.05) is 11.3 Å². The fraction of sp³-hybridized carbons (Fsp3) is 0.0769. The number of H-pyrrole nitrogens is 1. The second kappa shape index (κ2) is 4.83. The summed E-state index contributed by atoms with van der Waals surface area (Å²) in [5, 5.41) is 8.61. The number of hydrogen-bond acceptors (Lipinski definition) is 2. The predicted octanol–water partition coefficient (Wildman–Crippen LogP) is 1.81. The van der Waals surface area contributed by atoms with Crippen LogP contribution in [0.5, 0.6) is 0 Å². The predicted molar refractivity (Wildman–Crippen MR) is 63.8 cm³/mol. The van der Waals surface area contributed by atoms with Gasteiger partial charge >= 0.3 is 5.97 Å². The van der Waals surface area contributed by atoms with Gasteiger partial charge in [-0.2, -0.15) is 0 Å². The molecule has 0 aliphatic carbocycles. The van der Waals surface area contributed by atoms with Crippen LogP contribution >= 0.6 is 0 Å². The molecule has 1 heterocycles. The highest BCUT2D eigenvalue weighted by Gasteiger charge is 2.07. The Balaban J connectivity index is 2.42. The average molecular weight is 247 g/mol. The van der Waals surface area contributed by atoms with Crippen LogP contribution in [0.15, 0.2) is 41.2 Å². The molecule has 18 heavy (non-hydrogen) atoms. The fourth-order valence-corrected chi connectivity index (χ4v) is 1.66. The van der Waals surface area contributed by atoms with E-state index in [1.165, 1.54) is 30.3 Å². The second-order valence-corrected chi connectivity index (χ2v) is 3.81. The van der Waals surface area contributed by atoms with Crippen LogP contribution in [0.1, 0.15) is 5.69 Å². The molecule has 0 aliphatic heterocycles. The van der Waals surface area contributed by atoms with E-state index in [2.05, 4.69) is 4.98 Å². The first-order chi connectivity index (χ1) is 8.56. The van der Waals surface area contributed by atoms with Gasteiger partial charge in [0.2, 0.25) is 0 Å². The zero-order chi connectivity index (χ0) is 13.1. The van der Waals surface area contributed by atoms with Gasteiger partial charge in [-0.25, -0.2) is 4.39 Å². The van der Waals surface area contributed by atoms with Gasteiger partial charge in [0.15, 0.2) is 0 Å². The third-order valence-corrected chi connectivity index (χ3v) is 2.45. The van der Waals surface area contributed by atoms with Crippen LogP contribution in [0.25, 0.3) is 11.1 Å². The lowest BCUT2D eigenvalue weighted by Gasteiger charge is -2.02. The standard InChI is InChI=1S/C13H10FNO3/c14-9-3-1-2-8(6-9)11-5-4-10(7-12(16)17)15-13(11)18/h1-6H,7H2,(H,15,18)(H,16,17). The van der Waals surface area contributed by atoms with Crippen molar-refractivity contribution in [3.05, 3.63) is 58.3 Å². The Bertz CT molecular complexity index is 649. The maximum absolute atomic E-state index is 13.0. The Hall–Kier alpha value is -2.43. The molecule has 0 spiro atoms. The van der Waals surface area contributed by atoms with Gasteiger partial charge in [-0.1, -0.05) is 12.1 Å². The monoisotopic (exact) mass is 247 g/mol. The number of aliphatic carboxylic acids is 1. The number of halogens is 1. The van der Waals surface area contributed by atoms with Crippen LogP contribution in [0.3, 0.4) is 0 Å². The molecule has 4 nitrogen and oxygen atoms in total. The lowest BCUT2D eigenvalue weighted by atomic mass is 10.1. The average Bonchev–Trinajstić information content (AvgIpc) is 2.28. The van der Waals surface area contributed by atoms with Crippen LogP contribution in [-0.2, 0) is 11.2 Å². The maximum Gasteiger partial charge on any atom is 0.309 e. The number of aromatic nitrogens is 1. The van der Waals surface area contributed by atoms with Crippen molar-refractivity contribution in [3.63, 3.8) is 0 Å². The molecule has 2 N–H and O–H groups in total. The number of carboxylic acid groups (broad SMARTS) is 1. The van der Waals surface area contributed by atoms with Crippen molar-refractivity contribution in [1.82, 2.24) is 4.98 Å². The summed E-state index contributed by atoms with van der Waals surface area (Å²) in [5.41, 5.74) is 0.647. The fourth-order valence-electron chi connectivity index (χ4n) is 1.66. The Labute approximate surface area is 102 Å². The molecule has 0 fully saturated rings. The molecule has 1 aromatic heterocycles. The Morgan fingerprint density at radius 1 is 1.28 bits per heavy atom. The second-order valence-electron chi connectivity index (χ2n) is 3.81. The number of nitrogens with one attached hydrogen (secondary N) is 1. The number of carboxylic acids is 1. The minimum Gasteiger partial charge on any atom is -0.481 e. The quantitative estimate of drug-likeness (QED) is 0.868. The number of carbonyl (C=O) groups is 1. The van der Waals surface area contributed by atoms with Crippen molar-refractivity contribution in [1.29, 1.82) is 0 Å². The SMILES string of the molecule is O=C(O)Cc1ccc(-c2cccc(F)c2)c(=O)[nH]1. The zero-order valence-corrected chi connectivity index (χ0v) is 9.31. The lowest BCUT2D eigenvalue weighted by molar-refractivity contribution is -0.136. The molecular formula is C13H10FNO3. The van der Waals surface area contributed by atoms with Crippen LogP contribution in [-0.4, -0.2) is 16.1 Å². The Morgan fingerprint density at radius 2 is 2.06 bits per heavy atom. The summed E-state index contributed by atoms with van der Waals surface area (Å²) in [7, 11) is 0. The number of pyridine rings is 1. The largest absolute Gasteiger partial charge is 0.481 e. The summed E-state index contributed by atoms with van der Waals surface area (Å²) in [4.78, 5) is 24.7. The zero-order valence-electron chi connectivity index (χ0n) is 9.31. The van der Waals surface area contributed by atoms with Gasteiger partial charge in [-0.3, -0.25) is 9.59 Å². The Morgan fingerprint density at radius 3 is 2.67 bits per heavy atom. The first-order valence-electron chi connectivity index (χ1n) is 5.26. The van der Waals surface area contributed by atoms with E-state index in [1.807, 2.05) is 0 Å². The van der Waals surface area contributed by atoms with Crippen molar-refractivity contribution in [2.45, 2.75) is 6.42 Å². The lowest BCUT2D eigenvalue weighted by Crippen LogP contribution is -2.13. The molecular weight excluding hydrogens is 237 g/mol. The van der Waals surface area contributed by atoms with Gasteiger partial charge in [-0.05, 0) is 29.8 Å². The van der Waals surface area contributed by atoms with E-state index in [4.69, 9.17) is 5.11 Å². The summed E-state index contributed by atoms with van der Waals surface area (Å²) in [6.07, 6.45) is -0.251. The highest BCUT2D eigenvalue weighted by atomic mass is 19.1. The maximum atomic E-state index is 13.0. The van der Waals surface area contributed by atoms with Gasteiger partial charge in [0.05, 0.1) is 6.42 Å². The summed E-state index contributed by atoms with van der Waals surface area (Å²) in [6.45, 7) is 0. The van der Waals surface area contributed by atoms with Crippen LogP contribution in [0.4, 0.5) is 4.39 Å². The molecule has 1 aromatic carbocycles. The van der Waals surface area contributed by atoms with Gasteiger partial charge in [0.25, 0.3) is 5.56 Å². The first-order valence-corrected chi connectivity index (χ1v) is 5.26. The summed E-state index contributed by atoms with van der Waals surface area (Å²) in [6, 6.07) is 8.67. The molecule has 5 heteroatoms. The van der Waals surface area contributed by atoms with E-state index in [0.717, 1.165) is 0 Å². The molecule has 0 saturated carbocycles. The van der Waals surface area contributed by atoms with E-state index >= 15 is 0 Å². The van der Waals surface area contributed by atoms with Crippen molar-refractivity contribution in [3.8, 4) is 11.1 Å². The van der Waals surface area contributed by atoms with E-state index < -0.39 is 17.3 Å². The number of benzene rings is 1. The third-order valence-electron chi connectivity index (χ3n) is 2.45. The van der Waals surface area contributed by atoms with Gasteiger partial charge in [0.1, 0.15) is 5.82 Å². The minimum absolute atomic E-state index is 0.251. The van der Waals surface area contributed by atoms with E-state index in [-0.39, 0.29) is 6.42 Å². The van der Waals surface area contributed by atoms with Crippen molar-refractivity contribution >= 4 is 5.97 Å². The molecule has 0 saturated heterocycles. The highest BCUT2D eigenvalue weighted by molar-refractivity contribution is 5.70. The first kappa shape index (κ1) is 12.0. The summed E-state index contributed by atoms with van der Waals surface area (Å²) < 4.78 is 13.0. The summed E-state index contributed by atoms with van der Waals surface area (Å²) >= 11 is 0. The highest BCUT2D eigenvalue weighted by Crippen LogP contribution is 2.16. The molecule has 0 bridgehead atoms. The minimum atomic E-state index is -1.02. The molecule has 0 unspecified atom stereocenters. The molecule has 0 amide bonds. The molecule has 2 rings (SSSR count). The molecule has 0 aliphatic rings. The van der Waals surface area contributed by atoms with Crippen molar-refractivity contribution in [2.75, 3.05) is 0 Å². The number of hydrogen-bond donors (Lipinski definition) is 2. The number of aromatic amines is 1. The van der Waals surface area contributed by atoms with Crippen LogP contribution < -0.4 is 5.56 Å². The smallest absolute Gasteiger partial charge is 0.309 e. The van der Waals surface area contributed by atoms with Crippen molar-refractivity contribution < 1.29 is 14.3 Å². The van der Waals surface area contributed by atoms with Crippen molar-refractivity contribution in [2.24, 2.45) is 0 Å². The summed E-state index contributed by atoms with van der Waals surface area (Å²) in [5.74, 6) is -1.45. The molecule has 92 valence electrons. The topological polar surface area (TPSA) is 70.2 Å². The number of rotatable bonds is 3. The third kappa shape index (κ3) is 2.63. The van der Waals surface area contributed by atoms with Gasteiger partial charge < -0.3 is 10.1 Å². The van der Waals surface area contributed by atoms with E-state index in [9.17, 15) is 14.0 Å². The van der Waals surface area contributed by atoms with Gasteiger partial charge in [-0.15, -0.1) is 0 Å². The van der Waals surface area contributed by atoms with E-state index in [0.29, 0.717) is 16.8 Å².